The molecule has 0 unspecified atom stereocenters. The molecule has 1 aromatic heterocycles. The standard InChI is InChI=1S/C22H22N4O3/c1-4-26(17-7-5-6-14(2)10-17)21(27)18-11-15(3)23-22(25-18)24-16-8-9-19-20(12-16)29-13-28-19/h5-12H,4,13H2,1-3H3,(H,23,24,25). The summed E-state index contributed by atoms with van der Waals surface area (Å²) in [6.07, 6.45) is 0. The van der Waals surface area contributed by atoms with Crippen molar-refractivity contribution < 1.29 is 14.3 Å². The van der Waals surface area contributed by atoms with Crippen molar-refractivity contribution >= 4 is 23.2 Å². The topological polar surface area (TPSA) is 76.6 Å². The first-order chi connectivity index (χ1) is 14.0. The van der Waals surface area contributed by atoms with Gasteiger partial charge in [0.1, 0.15) is 5.69 Å². The van der Waals surface area contributed by atoms with Gasteiger partial charge in [0.25, 0.3) is 5.91 Å². The van der Waals surface area contributed by atoms with Gasteiger partial charge in [-0.05, 0) is 56.7 Å². The molecule has 148 valence electrons. The van der Waals surface area contributed by atoms with E-state index in [0.29, 0.717) is 35.4 Å². The molecule has 0 spiro atoms. The maximum Gasteiger partial charge on any atom is 0.277 e. The summed E-state index contributed by atoms with van der Waals surface area (Å²) in [7, 11) is 0. The molecule has 0 fully saturated rings. The van der Waals surface area contributed by atoms with Crippen molar-refractivity contribution in [2.75, 3.05) is 23.6 Å². The third-order valence-corrected chi connectivity index (χ3v) is 4.58. The smallest absolute Gasteiger partial charge is 0.277 e. The number of hydrogen-bond donors (Lipinski definition) is 1. The molecule has 1 amide bonds. The van der Waals surface area contributed by atoms with E-state index in [4.69, 9.17) is 9.47 Å². The summed E-state index contributed by atoms with van der Waals surface area (Å²) in [5.41, 5.74) is 3.73. The first-order valence-electron chi connectivity index (χ1n) is 9.44. The van der Waals surface area contributed by atoms with Crippen LogP contribution >= 0.6 is 0 Å². The fourth-order valence-corrected chi connectivity index (χ4v) is 3.21. The Morgan fingerprint density at radius 2 is 1.90 bits per heavy atom. The van der Waals surface area contributed by atoms with Crippen LogP contribution in [0.2, 0.25) is 0 Å². The molecule has 7 heteroatoms. The van der Waals surface area contributed by atoms with Gasteiger partial charge in [-0.2, -0.15) is 0 Å². The molecular weight excluding hydrogens is 368 g/mol. The van der Waals surface area contributed by atoms with E-state index in [-0.39, 0.29) is 12.7 Å². The van der Waals surface area contributed by atoms with Crippen molar-refractivity contribution in [1.29, 1.82) is 0 Å². The van der Waals surface area contributed by atoms with Gasteiger partial charge in [-0.3, -0.25) is 4.79 Å². The SMILES string of the molecule is CCN(C(=O)c1cc(C)nc(Nc2ccc3c(c2)OCO3)n1)c1cccc(C)c1. The van der Waals surface area contributed by atoms with E-state index in [2.05, 4.69) is 15.3 Å². The quantitative estimate of drug-likeness (QED) is 0.702. The summed E-state index contributed by atoms with van der Waals surface area (Å²) in [4.78, 5) is 23.7. The lowest BCUT2D eigenvalue weighted by Gasteiger charge is -2.21. The minimum atomic E-state index is -0.169. The van der Waals surface area contributed by atoms with Gasteiger partial charge in [0.2, 0.25) is 12.7 Å². The molecule has 0 saturated carbocycles. The average Bonchev–Trinajstić information content (AvgIpc) is 3.16. The van der Waals surface area contributed by atoms with Crippen LogP contribution in [-0.4, -0.2) is 29.2 Å². The Labute approximate surface area is 169 Å². The molecule has 1 aliphatic heterocycles. The Hall–Kier alpha value is -3.61. The molecule has 0 atom stereocenters. The summed E-state index contributed by atoms with van der Waals surface area (Å²) in [5, 5.41) is 3.15. The lowest BCUT2D eigenvalue weighted by molar-refractivity contribution is 0.0983. The van der Waals surface area contributed by atoms with Gasteiger partial charge >= 0.3 is 0 Å². The van der Waals surface area contributed by atoms with Crippen LogP contribution in [0.3, 0.4) is 0 Å². The van der Waals surface area contributed by atoms with Gasteiger partial charge in [0, 0.05) is 29.7 Å². The molecule has 4 rings (SSSR count). The molecule has 0 saturated heterocycles. The number of anilines is 3. The van der Waals surface area contributed by atoms with Crippen molar-refractivity contribution in [3.05, 3.63) is 65.5 Å². The Balaban J connectivity index is 1.61. The summed E-state index contributed by atoms with van der Waals surface area (Å²) in [6, 6.07) is 15.1. The average molecular weight is 390 g/mol. The van der Waals surface area contributed by atoms with E-state index in [9.17, 15) is 4.79 Å². The van der Waals surface area contributed by atoms with Crippen molar-refractivity contribution in [3.63, 3.8) is 0 Å². The van der Waals surface area contributed by atoms with E-state index < -0.39 is 0 Å². The number of nitrogens with zero attached hydrogens (tertiary/aromatic N) is 3. The summed E-state index contributed by atoms with van der Waals surface area (Å²) in [5.74, 6) is 1.55. The maximum atomic E-state index is 13.2. The normalized spacial score (nSPS) is 12.0. The molecule has 0 bridgehead atoms. The number of benzene rings is 2. The number of aromatic nitrogens is 2. The molecular formula is C22H22N4O3. The Morgan fingerprint density at radius 3 is 2.69 bits per heavy atom. The lowest BCUT2D eigenvalue weighted by atomic mass is 10.2. The zero-order chi connectivity index (χ0) is 20.4. The predicted octanol–water partition coefficient (Wildman–Crippen LogP) is 4.23. The van der Waals surface area contributed by atoms with Crippen LogP contribution in [0.15, 0.2) is 48.5 Å². The highest BCUT2D eigenvalue weighted by molar-refractivity contribution is 6.05. The number of rotatable bonds is 5. The fraction of sp³-hybridized carbons (Fsp3) is 0.227. The summed E-state index contributed by atoms with van der Waals surface area (Å²) >= 11 is 0. The maximum absolute atomic E-state index is 13.2. The van der Waals surface area contributed by atoms with Gasteiger partial charge < -0.3 is 19.7 Å². The predicted molar refractivity (Wildman–Crippen MR) is 111 cm³/mol. The van der Waals surface area contributed by atoms with E-state index in [1.807, 2.05) is 63.2 Å². The molecule has 2 aromatic carbocycles. The zero-order valence-electron chi connectivity index (χ0n) is 16.6. The highest BCUT2D eigenvalue weighted by Gasteiger charge is 2.20. The Bertz CT molecular complexity index is 1070. The van der Waals surface area contributed by atoms with Gasteiger partial charge in [-0.1, -0.05) is 12.1 Å². The molecule has 2 heterocycles. The Morgan fingerprint density at radius 1 is 1.07 bits per heavy atom. The number of ether oxygens (including phenoxy) is 2. The van der Waals surface area contributed by atoms with Gasteiger partial charge in [-0.15, -0.1) is 0 Å². The minimum absolute atomic E-state index is 0.169. The minimum Gasteiger partial charge on any atom is -0.454 e. The zero-order valence-corrected chi connectivity index (χ0v) is 16.6. The molecule has 0 aliphatic carbocycles. The van der Waals surface area contributed by atoms with Crippen LogP contribution < -0.4 is 19.7 Å². The number of hydrogen-bond acceptors (Lipinski definition) is 6. The number of carbonyl (C=O) groups is 1. The third-order valence-electron chi connectivity index (χ3n) is 4.58. The van der Waals surface area contributed by atoms with Crippen molar-refractivity contribution in [2.45, 2.75) is 20.8 Å². The van der Waals surface area contributed by atoms with Gasteiger partial charge in [-0.25, -0.2) is 9.97 Å². The number of amides is 1. The second-order valence-corrected chi connectivity index (χ2v) is 6.80. The van der Waals surface area contributed by atoms with Crippen LogP contribution in [0.25, 0.3) is 0 Å². The van der Waals surface area contributed by atoms with Crippen molar-refractivity contribution in [3.8, 4) is 11.5 Å². The van der Waals surface area contributed by atoms with Crippen LogP contribution in [0.4, 0.5) is 17.3 Å². The third kappa shape index (κ3) is 3.99. The fourth-order valence-electron chi connectivity index (χ4n) is 3.21. The first-order valence-corrected chi connectivity index (χ1v) is 9.44. The van der Waals surface area contributed by atoms with Gasteiger partial charge in [0.15, 0.2) is 11.5 Å². The molecule has 29 heavy (non-hydrogen) atoms. The highest BCUT2D eigenvalue weighted by Crippen LogP contribution is 2.34. The van der Waals surface area contributed by atoms with Crippen molar-refractivity contribution in [2.24, 2.45) is 0 Å². The van der Waals surface area contributed by atoms with Crippen LogP contribution in [-0.2, 0) is 0 Å². The van der Waals surface area contributed by atoms with Crippen molar-refractivity contribution in [1.82, 2.24) is 9.97 Å². The monoisotopic (exact) mass is 390 g/mol. The second kappa shape index (κ2) is 7.79. The molecule has 7 nitrogen and oxygen atoms in total. The van der Waals surface area contributed by atoms with Crippen LogP contribution in [0, 0.1) is 13.8 Å². The second-order valence-electron chi connectivity index (χ2n) is 6.80. The molecule has 0 radical (unpaired) electrons. The lowest BCUT2D eigenvalue weighted by Crippen LogP contribution is -2.31. The van der Waals surface area contributed by atoms with Crippen LogP contribution in [0.1, 0.15) is 28.7 Å². The summed E-state index contributed by atoms with van der Waals surface area (Å²) < 4.78 is 10.7. The molecule has 3 aromatic rings. The number of aryl methyl sites for hydroxylation is 2. The number of nitrogens with one attached hydrogen (secondary N) is 1. The van der Waals surface area contributed by atoms with Gasteiger partial charge in [0.05, 0.1) is 0 Å². The summed E-state index contributed by atoms with van der Waals surface area (Å²) in [6.45, 7) is 6.54. The van der Waals surface area contributed by atoms with E-state index in [0.717, 1.165) is 16.9 Å². The first kappa shape index (κ1) is 18.7. The van der Waals surface area contributed by atoms with Crippen LogP contribution in [0.5, 0.6) is 11.5 Å². The molecule has 1 aliphatic rings. The number of carbonyl (C=O) groups excluding carboxylic acids is 1. The largest absolute Gasteiger partial charge is 0.454 e. The highest BCUT2D eigenvalue weighted by atomic mass is 16.7. The molecule has 1 N–H and O–H groups in total. The van der Waals surface area contributed by atoms with E-state index in [1.165, 1.54) is 0 Å². The van der Waals surface area contributed by atoms with E-state index in [1.54, 1.807) is 11.0 Å². The number of fused-ring (bicyclic) bond motifs is 1. The Kier molecular flexibility index (Phi) is 5.03. The van der Waals surface area contributed by atoms with E-state index >= 15 is 0 Å².